The van der Waals surface area contributed by atoms with E-state index < -0.39 is 12.0 Å². The van der Waals surface area contributed by atoms with Crippen molar-refractivity contribution < 1.29 is 15.0 Å². The molecule has 2 rings (SSSR count). The number of nitrogens with zero attached hydrogens (tertiary/aromatic N) is 1. The number of phenols is 1. The average Bonchev–Trinajstić information content (AvgIpc) is 2.29. The van der Waals surface area contributed by atoms with E-state index in [1.807, 2.05) is 0 Å². The lowest BCUT2D eigenvalue weighted by molar-refractivity contribution is -0.137. The highest BCUT2D eigenvalue weighted by Gasteiger charge is 2.10. The quantitative estimate of drug-likeness (QED) is 0.752. The highest BCUT2D eigenvalue weighted by molar-refractivity contribution is 5.87. The topological polar surface area (TPSA) is 82.5 Å². The average molecular weight is 232 g/mol. The number of aromatic hydroxyl groups is 1. The molecule has 5 nitrogen and oxygen atoms in total. The second kappa shape index (κ2) is 4.29. The molecule has 0 saturated carbocycles. The fraction of sp³-hybridized carbons (Fsp3) is 0.167. The Balaban J connectivity index is 2.35. The van der Waals surface area contributed by atoms with Crippen LogP contribution in [0, 0.1) is 0 Å². The van der Waals surface area contributed by atoms with Crippen LogP contribution in [0.25, 0.3) is 10.9 Å². The summed E-state index contributed by atoms with van der Waals surface area (Å²) in [7, 11) is 0. The van der Waals surface area contributed by atoms with Gasteiger partial charge < -0.3 is 15.5 Å². The third-order valence-electron chi connectivity index (χ3n) is 2.44. The van der Waals surface area contributed by atoms with Crippen molar-refractivity contribution in [3.8, 4) is 5.75 Å². The minimum absolute atomic E-state index is 0.111. The van der Waals surface area contributed by atoms with Gasteiger partial charge in [-0.2, -0.15) is 0 Å². The van der Waals surface area contributed by atoms with Crippen LogP contribution in [0.3, 0.4) is 0 Å². The maximum Gasteiger partial charge on any atom is 0.325 e. The zero-order chi connectivity index (χ0) is 12.4. The summed E-state index contributed by atoms with van der Waals surface area (Å²) in [6.45, 7) is 1.55. The number of hydrogen-bond donors (Lipinski definition) is 3. The predicted octanol–water partition coefficient (Wildman–Crippen LogP) is 1.83. The van der Waals surface area contributed by atoms with E-state index >= 15 is 0 Å². The van der Waals surface area contributed by atoms with Gasteiger partial charge in [0.25, 0.3) is 0 Å². The lowest BCUT2D eigenvalue weighted by Gasteiger charge is -2.11. The van der Waals surface area contributed by atoms with Crippen LogP contribution in [0.5, 0.6) is 5.75 Å². The number of anilines is 1. The summed E-state index contributed by atoms with van der Waals surface area (Å²) in [6, 6.07) is 6.14. The SMILES string of the molecule is CC(Nc1cnc2c(O)cccc2c1)C(=O)O. The van der Waals surface area contributed by atoms with Crippen molar-refractivity contribution in [3.05, 3.63) is 30.5 Å². The molecule has 0 fully saturated rings. The molecule has 0 aliphatic carbocycles. The maximum absolute atomic E-state index is 10.7. The summed E-state index contributed by atoms with van der Waals surface area (Å²) >= 11 is 0. The molecule has 0 amide bonds. The number of fused-ring (bicyclic) bond motifs is 1. The molecule has 3 N–H and O–H groups in total. The number of pyridine rings is 1. The van der Waals surface area contributed by atoms with Crippen LogP contribution in [0.4, 0.5) is 5.69 Å². The smallest absolute Gasteiger partial charge is 0.325 e. The van der Waals surface area contributed by atoms with Gasteiger partial charge in [0.15, 0.2) is 0 Å². The summed E-state index contributed by atoms with van der Waals surface area (Å²) < 4.78 is 0. The molecule has 88 valence electrons. The van der Waals surface area contributed by atoms with Crippen LogP contribution in [-0.4, -0.2) is 27.2 Å². The minimum atomic E-state index is -0.930. The third-order valence-corrected chi connectivity index (χ3v) is 2.44. The van der Waals surface area contributed by atoms with E-state index in [0.717, 1.165) is 5.39 Å². The van der Waals surface area contributed by atoms with Gasteiger partial charge in [-0.3, -0.25) is 9.78 Å². The summed E-state index contributed by atoms with van der Waals surface area (Å²) in [6.07, 6.45) is 1.50. The molecule has 0 spiro atoms. The molecule has 1 heterocycles. The van der Waals surface area contributed by atoms with E-state index in [0.29, 0.717) is 11.2 Å². The van der Waals surface area contributed by atoms with Gasteiger partial charge in [0.1, 0.15) is 17.3 Å². The van der Waals surface area contributed by atoms with Crippen molar-refractivity contribution in [1.29, 1.82) is 0 Å². The van der Waals surface area contributed by atoms with Crippen molar-refractivity contribution in [1.82, 2.24) is 4.98 Å². The number of carboxylic acid groups (broad SMARTS) is 1. The second-order valence-corrected chi connectivity index (χ2v) is 3.78. The summed E-state index contributed by atoms with van der Waals surface area (Å²) in [5.74, 6) is -0.818. The first-order chi connectivity index (χ1) is 8.08. The molecule has 0 radical (unpaired) electrons. The number of phenolic OH excluding ortho intramolecular Hbond substituents is 1. The molecule has 17 heavy (non-hydrogen) atoms. The van der Waals surface area contributed by atoms with Gasteiger partial charge in [0.05, 0.1) is 11.9 Å². The molecule has 0 aliphatic heterocycles. The van der Waals surface area contributed by atoms with E-state index in [-0.39, 0.29) is 5.75 Å². The number of carboxylic acids is 1. The Bertz CT molecular complexity index is 569. The first-order valence-corrected chi connectivity index (χ1v) is 5.15. The molecule has 1 aromatic carbocycles. The molecule has 2 aromatic rings. The van der Waals surface area contributed by atoms with Gasteiger partial charge in [-0.15, -0.1) is 0 Å². The predicted molar refractivity (Wildman–Crippen MR) is 64.1 cm³/mol. The highest BCUT2D eigenvalue weighted by atomic mass is 16.4. The van der Waals surface area contributed by atoms with E-state index in [9.17, 15) is 9.90 Å². The Labute approximate surface area is 97.7 Å². The first kappa shape index (κ1) is 11.2. The van der Waals surface area contributed by atoms with Gasteiger partial charge in [0, 0.05) is 5.39 Å². The Hall–Kier alpha value is -2.30. The molecule has 5 heteroatoms. The van der Waals surface area contributed by atoms with Crippen molar-refractivity contribution in [2.45, 2.75) is 13.0 Å². The Kier molecular flexibility index (Phi) is 2.82. The maximum atomic E-state index is 10.7. The lowest BCUT2D eigenvalue weighted by Crippen LogP contribution is -2.25. The van der Waals surface area contributed by atoms with Crippen LogP contribution >= 0.6 is 0 Å². The number of rotatable bonds is 3. The number of aliphatic carboxylic acids is 1. The second-order valence-electron chi connectivity index (χ2n) is 3.78. The van der Waals surface area contributed by atoms with E-state index in [2.05, 4.69) is 10.3 Å². The minimum Gasteiger partial charge on any atom is -0.506 e. The van der Waals surface area contributed by atoms with Crippen molar-refractivity contribution in [2.75, 3.05) is 5.32 Å². The number of carbonyl (C=O) groups is 1. The molecular weight excluding hydrogens is 220 g/mol. The number of hydrogen-bond acceptors (Lipinski definition) is 4. The number of benzene rings is 1. The molecule has 0 saturated heterocycles. The lowest BCUT2D eigenvalue weighted by atomic mass is 10.2. The largest absolute Gasteiger partial charge is 0.506 e. The van der Waals surface area contributed by atoms with Gasteiger partial charge in [0.2, 0.25) is 0 Å². The summed E-state index contributed by atoms with van der Waals surface area (Å²) in [4.78, 5) is 14.8. The summed E-state index contributed by atoms with van der Waals surface area (Å²) in [5.41, 5.74) is 1.11. The van der Waals surface area contributed by atoms with Crippen LogP contribution in [0.1, 0.15) is 6.92 Å². The molecular formula is C12H12N2O3. The van der Waals surface area contributed by atoms with Crippen molar-refractivity contribution in [2.24, 2.45) is 0 Å². The van der Waals surface area contributed by atoms with E-state index in [4.69, 9.17) is 5.11 Å². The molecule has 0 bridgehead atoms. The number of aromatic nitrogens is 1. The molecule has 1 unspecified atom stereocenters. The van der Waals surface area contributed by atoms with Gasteiger partial charge >= 0.3 is 5.97 Å². The fourth-order valence-electron chi connectivity index (χ4n) is 1.54. The van der Waals surface area contributed by atoms with Crippen LogP contribution in [0.15, 0.2) is 30.5 Å². The number of nitrogens with one attached hydrogen (secondary N) is 1. The normalized spacial score (nSPS) is 12.3. The van der Waals surface area contributed by atoms with Crippen LogP contribution in [-0.2, 0) is 4.79 Å². The van der Waals surface area contributed by atoms with Crippen molar-refractivity contribution in [3.63, 3.8) is 0 Å². The van der Waals surface area contributed by atoms with Gasteiger partial charge in [-0.25, -0.2) is 0 Å². The fourth-order valence-corrected chi connectivity index (χ4v) is 1.54. The number of para-hydroxylation sites is 1. The Morgan fingerprint density at radius 3 is 2.94 bits per heavy atom. The Morgan fingerprint density at radius 1 is 1.47 bits per heavy atom. The molecule has 1 aromatic heterocycles. The van der Waals surface area contributed by atoms with Crippen LogP contribution < -0.4 is 5.32 Å². The Morgan fingerprint density at radius 2 is 2.24 bits per heavy atom. The zero-order valence-electron chi connectivity index (χ0n) is 9.21. The van der Waals surface area contributed by atoms with E-state index in [1.54, 1.807) is 31.2 Å². The monoisotopic (exact) mass is 232 g/mol. The zero-order valence-corrected chi connectivity index (χ0v) is 9.21. The van der Waals surface area contributed by atoms with Gasteiger partial charge in [-0.05, 0) is 19.1 Å². The van der Waals surface area contributed by atoms with Crippen LogP contribution in [0.2, 0.25) is 0 Å². The molecule has 1 atom stereocenters. The van der Waals surface area contributed by atoms with E-state index in [1.165, 1.54) is 6.20 Å². The third kappa shape index (κ3) is 2.28. The standard InChI is InChI=1S/C12H12N2O3/c1-7(12(16)17)14-9-5-8-3-2-4-10(15)11(8)13-6-9/h2-7,14-15H,1H3,(H,16,17). The molecule has 0 aliphatic rings. The summed E-state index contributed by atoms with van der Waals surface area (Å²) in [5, 5.41) is 21.9. The highest BCUT2D eigenvalue weighted by Crippen LogP contribution is 2.24. The van der Waals surface area contributed by atoms with Crippen molar-refractivity contribution >= 4 is 22.6 Å². The first-order valence-electron chi connectivity index (χ1n) is 5.15. The van der Waals surface area contributed by atoms with Gasteiger partial charge in [-0.1, -0.05) is 12.1 Å².